The molecule has 0 radical (unpaired) electrons. The summed E-state index contributed by atoms with van der Waals surface area (Å²) in [5.41, 5.74) is 7.92. The summed E-state index contributed by atoms with van der Waals surface area (Å²) >= 11 is 0. The number of aromatic nitrogens is 1. The molecule has 3 N–H and O–H groups in total. The van der Waals surface area contributed by atoms with Gasteiger partial charge in [-0.1, -0.05) is 6.07 Å². The molecule has 0 bridgehead atoms. The summed E-state index contributed by atoms with van der Waals surface area (Å²) in [6, 6.07) is 4.06. The Labute approximate surface area is 114 Å². The van der Waals surface area contributed by atoms with Crippen LogP contribution in [0.15, 0.2) is 18.3 Å². The number of hydrogen-bond donors (Lipinski definition) is 2. The first-order chi connectivity index (χ1) is 9.33. The highest BCUT2D eigenvalue weighted by Gasteiger charge is 2.20. The summed E-state index contributed by atoms with van der Waals surface area (Å²) in [6.07, 6.45) is 4.14. The normalized spacial score (nSPS) is 17.8. The summed E-state index contributed by atoms with van der Waals surface area (Å²) < 4.78 is 5.57. The molecular weight excluding hydrogens is 242 g/mol. The van der Waals surface area contributed by atoms with Crippen molar-refractivity contribution in [2.45, 2.75) is 32.0 Å². The van der Waals surface area contributed by atoms with E-state index < -0.39 is 0 Å². The first kappa shape index (κ1) is 14.4. The molecule has 0 amide bonds. The summed E-state index contributed by atoms with van der Waals surface area (Å²) in [5.74, 6) is 0. The van der Waals surface area contributed by atoms with Crippen molar-refractivity contribution in [3.8, 4) is 0 Å². The zero-order chi connectivity index (χ0) is 13.5. The van der Waals surface area contributed by atoms with E-state index in [1.807, 2.05) is 6.07 Å². The van der Waals surface area contributed by atoms with Crippen LogP contribution in [0, 0.1) is 0 Å². The molecule has 1 aliphatic heterocycles. The molecule has 1 aliphatic rings. The second-order valence-corrected chi connectivity index (χ2v) is 4.88. The molecule has 0 saturated carbocycles. The Hall–Kier alpha value is -1.01. The summed E-state index contributed by atoms with van der Waals surface area (Å²) in [5, 5.41) is 8.75. The number of pyridine rings is 1. The molecule has 0 atom stereocenters. The average Bonchev–Trinajstić information content (AvgIpc) is 2.47. The van der Waals surface area contributed by atoms with Crippen LogP contribution in [0.3, 0.4) is 0 Å². The Morgan fingerprint density at radius 3 is 2.89 bits per heavy atom. The quantitative estimate of drug-likeness (QED) is 0.784. The lowest BCUT2D eigenvalue weighted by molar-refractivity contribution is -0.00906. The SMILES string of the molecule is NCc1ncccc1CN1CCC(OCCO)CC1. The van der Waals surface area contributed by atoms with Crippen LogP contribution in [0.2, 0.25) is 0 Å². The van der Waals surface area contributed by atoms with Crippen molar-refractivity contribution in [2.24, 2.45) is 5.73 Å². The number of nitrogens with two attached hydrogens (primary N) is 1. The Morgan fingerprint density at radius 2 is 2.21 bits per heavy atom. The fourth-order valence-corrected chi connectivity index (χ4v) is 2.49. The summed E-state index contributed by atoms with van der Waals surface area (Å²) in [6.45, 7) is 4.00. The van der Waals surface area contributed by atoms with Gasteiger partial charge in [-0.3, -0.25) is 9.88 Å². The fourth-order valence-electron chi connectivity index (χ4n) is 2.49. The third-order valence-electron chi connectivity index (χ3n) is 3.55. The van der Waals surface area contributed by atoms with Gasteiger partial charge in [-0.05, 0) is 24.5 Å². The Balaban J connectivity index is 1.82. The first-order valence-corrected chi connectivity index (χ1v) is 6.91. The molecule has 1 aromatic heterocycles. The maximum atomic E-state index is 8.75. The molecule has 1 saturated heterocycles. The molecule has 0 unspecified atom stereocenters. The Bertz CT molecular complexity index is 379. The minimum Gasteiger partial charge on any atom is -0.394 e. The van der Waals surface area contributed by atoms with E-state index in [0.717, 1.165) is 38.2 Å². The number of piperidine rings is 1. The van der Waals surface area contributed by atoms with Crippen LogP contribution in [-0.2, 0) is 17.8 Å². The van der Waals surface area contributed by atoms with Crippen molar-refractivity contribution >= 4 is 0 Å². The third-order valence-corrected chi connectivity index (χ3v) is 3.55. The maximum Gasteiger partial charge on any atom is 0.0701 e. The second kappa shape index (κ2) is 7.55. The molecule has 5 heteroatoms. The van der Waals surface area contributed by atoms with Crippen molar-refractivity contribution in [1.29, 1.82) is 0 Å². The van der Waals surface area contributed by atoms with Gasteiger partial charge in [0.2, 0.25) is 0 Å². The van der Waals surface area contributed by atoms with Gasteiger partial charge in [0.1, 0.15) is 0 Å². The van der Waals surface area contributed by atoms with Gasteiger partial charge < -0.3 is 15.6 Å². The van der Waals surface area contributed by atoms with Gasteiger partial charge in [0.15, 0.2) is 0 Å². The third kappa shape index (κ3) is 4.24. The van der Waals surface area contributed by atoms with E-state index in [9.17, 15) is 0 Å². The van der Waals surface area contributed by atoms with Gasteiger partial charge >= 0.3 is 0 Å². The molecule has 19 heavy (non-hydrogen) atoms. The van der Waals surface area contributed by atoms with Crippen LogP contribution in [-0.4, -0.2) is 47.4 Å². The summed E-state index contributed by atoms with van der Waals surface area (Å²) in [7, 11) is 0. The number of ether oxygens (including phenoxy) is 1. The Kier molecular flexibility index (Phi) is 5.72. The Morgan fingerprint density at radius 1 is 1.42 bits per heavy atom. The van der Waals surface area contributed by atoms with E-state index in [2.05, 4.69) is 16.0 Å². The van der Waals surface area contributed by atoms with Crippen molar-refractivity contribution in [2.75, 3.05) is 26.3 Å². The van der Waals surface area contributed by atoms with Crippen LogP contribution in [0.5, 0.6) is 0 Å². The number of aliphatic hydroxyl groups is 1. The van der Waals surface area contributed by atoms with E-state index in [1.165, 1.54) is 5.56 Å². The van der Waals surface area contributed by atoms with E-state index in [4.69, 9.17) is 15.6 Å². The molecule has 1 fully saturated rings. The lowest BCUT2D eigenvalue weighted by Gasteiger charge is -2.32. The minimum atomic E-state index is 0.107. The molecule has 0 aliphatic carbocycles. The van der Waals surface area contributed by atoms with Crippen LogP contribution in [0.4, 0.5) is 0 Å². The van der Waals surface area contributed by atoms with Crippen LogP contribution < -0.4 is 5.73 Å². The minimum absolute atomic E-state index is 0.107. The molecule has 1 aromatic rings. The monoisotopic (exact) mass is 265 g/mol. The van der Waals surface area contributed by atoms with Gasteiger partial charge in [0.05, 0.1) is 25.0 Å². The van der Waals surface area contributed by atoms with Crippen LogP contribution in [0.25, 0.3) is 0 Å². The number of aliphatic hydroxyl groups excluding tert-OH is 1. The molecule has 106 valence electrons. The smallest absolute Gasteiger partial charge is 0.0701 e. The molecule has 2 rings (SSSR count). The van der Waals surface area contributed by atoms with E-state index in [1.54, 1.807) is 6.20 Å². The summed E-state index contributed by atoms with van der Waals surface area (Å²) in [4.78, 5) is 6.73. The predicted molar refractivity (Wildman–Crippen MR) is 73.5 cm³/mol. The number of likely N-dealkylation sites (tertiary alicyclic amines) is 1. The van der Waals surface area contributed by atoms with E-state index >= 15 is 0 Å². The van der Waals surface area contributed by atoms with Gasteiger partial charge in [-0.15, -0.1) is 0 Å². The van der Waals surface area contributed by atoms with Crippen LogP contribution >= 0.6 is 0 Å². The number of hydrogen-bond acceptors (Lipinski definition) is 5. The van der Waals surface area contributed by atoms with Gasteiger partial charge in [-0.25, -0.2) is 0 Å². The number of rotatable bonds is 6. The topological polar surface area (TPSA) is 71.6 Å². The second-order valence-electron chi connectivity index (χ2n) is 4.88. The van der Waals surface area contributed by atoms with Crippen molar-refractivity contribution in [1.82, 2.24) is 9.88 Å². The number of nitrogens with zero attached hydrogens (tertiary/aromatic N) is 2. The highest BCUT2D eigenvalue weighted by atomic mass is 16.5. The molecule has 0 spiro atoms. The first-order valence-electron chi connectivity index (χ1n) is 6.91. The van der Waals surface area contributed by atoms with Gasteiger partial charge in [-0.2, -0.15) is 0 Å². The molecule has 2 heterocycles. The standard InChI is InChI=1S/C14H23N3O2/c15-10-14-12(2-1-5-16-14)11-17-6-3-13(4-7-17)19-9-8-18/h1-2,5,13,18H,3-4,6-11,15H2. The zero-order valence-corrected chi connectivity index (χ0v) is 11.3. The lowest BCUT2D eigenvalue weighted by Crippen LogP contribution is -2.37. The van der Waals surface area contributed by atoms with E-state index in [-0.39, 0.29) is 6.61 Å². The lowest BCUT2D eigenvalue weighted by atomic mass is 10.1. The molecule has 5 nitrogen and oxygen atoms in total. The largest absolute Gasteiger partial charge is 0.394 e. The van der Waals surface area contributed by atoms with Crippen molar-refractivity contribution < 1.29 is 9.84 Å². The maximum absolute atomic E-state index is 8.75. The van der Waals surface area contributed by atoms with Gasteiger partial charge in [0, 0.05) is 32.4 Å². The van der Waals surface area contributed by atoms with Gasteiger partial charge in [0.25, 0.3) is 0 Å². The highest BCUT2D eigenvalue weighted by molar-refractivity contribution is 5.19. The van der Waals surface area contributed by atoms with Crippen molar-refractivity contribution in [3.05, 3.63) is 29.6 Å². The average molecular weight is 265 g/mol. The molecular formula is C14H23N3O2. The van der Waals surface area contributed by atoms with Crippen molar-refractivity contribution in [3.63, 3.8) is 0 Å². The molecule has 0 aromatic carbocycles. The van der Waals surface area contributed by atoms with Crippen LogP contribution in [0.1, 0.15) is 24.1 Å². The fraction of sp³-hybridized carbons (Fsp3) is 0.643. The highest BCUT2D eigenvalue weighted by Crippen LogP contribution is 2.17. The van der Waals surface area contributed by atoms with E-state index in [0.29, 0.717) is 19.3 Å². The zero-order valence-electron chi connectivity index (χ0n) is 11.3. The predicted octanol–water partition coefficient (Wildman–Crippen LogP) is 0.514.